The van der Waals surface area contributed by atoms with E-state index < -0.39 is 0 Å². The van der Waals surface area contributed by atoms with E-state index >= 15 is 0 Å². The normalized spacial score (nSPS) is 4.75. The molecule has 0 nitrogen and oxygen atoms in total. The Morgan fingerprint density at radius 3 is 2.00 bits per heavy atom. The van der Waals surface area contributed by atoms with E-state index in [2.05, 4.69) is 6.58 Å². The van der Waals surface area contributed by atoms with Gasteiger partial charge in [0.15, 0.2) is 0 Å². The second-order valence-electron chi connectivity index (χ2n) is 0.428. The molecule has 0 aliphatic rings. The average Bonchev–Trinajstić information content (AvgIpc) is 1.37. The fourth-order valence-electron chi connectivity index (χ4n) is 0. The number of hydrogen-bond donors (Lipinski definition) is 0. The molecule has 0 aromatic rings. The van der Waals surface area contributed by atoms with E-state index in [0.29, 0.717) is 0 Å². The van der Waals surface area contributed by atoms with E-state index in [0.717, 1.165) is 0 Å². The molecule has 0 saturated carbocycles. The van der Waals surface area contributed by atoms with E-state index in [1.54, 1.807) is 0 Å². The zero-order valence-corrected chi connectivity index (χ0v) is 5.73. The van der Waals surface area contributed by atoms with Gasteiger partial charge in [-0.2, -0.15) is 0 Å². The second-order valence-corrected chi connectivity index (χ2v) is 1.53. The molecule has 0 heterocycles. The monoisotopic (exact) mass is 155 g/mol. The summed E-state index contributed by atoms with van der Waals surface area (Å²) in [5.74, 6) is 0. The first kappa shape index (κ1) is 4.48. The van der Waals surface area contributed by atoms with E-state index in [4.69, 9.17) is 0 Å². The molecule has 0 rings (SSSR count). The number of allylic oxidation sites excluding steroid dienone is 1. The molecule has 0 amide bonds. The Morgan fingerprint density at radius 1 is 1.75 bits per heavy atom. The van der Waals surface area contributed by atoms with Gasteiger partial charge in [-0.3, -0.25) is 0 Å². The molecule has 0 bridgehead atoms. The first-order valence-electron chi connectivity index (χ1n) is 1.07. The van der Waals surface area contributed by atoms with Crippen LogP contribution < -0.4 is 0 Å². The van der Waals surface area contributed by atoms with Gasteiger partial charge in [-0.1, -0.05) is 0 Å². The molecule has 0 atom stereocenters. The zero-order valence-electron chi connectivity index (χ0n) is 2.44. The van der Waals surface area contributed by atoms with Gasteiger partial charge in [0, 0.05) is 0 Å². The van der Waals surface area contributed by atoms with Crippen LogP contribution in [0.3, 0.4) is 0 Å². The Morgan fingerprint density at radius 2 is 2.00 bits per heavy atom. The molecular formula is C3H4In. The molecule has 0 aromatic carbocycles. The Labute approximate surface area is 40.6 Å². The summed E-state index contributed by atoms with van der Waals surface area (Å²) in [7, 11) is 0. The molecule has 0 fully saturated rings. The average molecular weight is 155 g/mol. The van der Waals surface area contributed by atoms with Crippen molar-refractivity contribution in [2.45, 2.75) is 0 Å². The van der Waals surface area contributed by atoms with Crippen molar-refractivity contribution < 1.29 is 0 Å². The van der Waals surface area contributed by atoms with Crippen LogP contribution in [0.5, 0.6) is 0 Å². The van der Waals surface area contributed by atoms with Crippen molar-refractivity contribution in [2.24, 2.45) is 0 Å². The molecular weight excluding hydrogens is 151 g/mol. The van der Waals surface area contributed by atoms with E-state index in [1.165, 1.54) is 23.9 Å². The predicted octanol–water partition coefficient (Wildman–Crippen LogP) is 0.143. The Bertz CT molecular complexity index is 24.3. The summed E-state index contributed by atoms with van der Waals surface area (Å²) in [6.07, 6.45) is 1.81. The van der Waals surface area contributed by atoms with Crippen LogP contribution >= 0.6 is 0 Å². The Balaban J connectivity index is 2.73. The Kier molecular flexibility index (Phi) is 3.90. The van der Waals surface area contributed by atoms with Crippen LogP contribution in [0, 0.1) is 0 Å². The summed E-state index contributed by atoms with van der Waals surface area (Å²) >= 11 is 1.20. The molecule has 0 unspecified atom stereocenters. The van der Waals surface area contributed by atoms with Gasteiger partial charge >= 0.3 is 40.3 Å². The van der Waals surface area contributed by atoms with Crippen molar-refractivity contribution in [1.82, 2.24) is 0 Å². The van der Waals surface area contributed by atoms with Crippen LogP contribution in [-0.4, -0.2) is 27.7 Å². The zero-order chi connectivity index (χ0) is 3.41. The summed E-state index contributed by atoms with van der Waals surface area (Å²) in [4.78, 5) is 0. The maximum atomic E-state index is 3.46. The van der Waals surface area contributed by atoms with Gasteiger partial charge in [-0.15, -0.1) is 0 Å². The quantitative estimate of drug-likeness (QED) is 0.505. The van der Waals surface area contributed by atoms with Gasteiger partial charge in [0.2, 0.25) is 0 Å². The first-order chi connectivity index (χ1) is 1.91. The number of rotatable bonds is 1. The van der Waals surface area contributed by atoms with Crippen LogP contribution in [0.1, 0.15) is 0 Å². The fraction of sp³-hybridized carbons (Fsp3) is 0. The van der Waals surface area contributed by atoms with Crippen LogP contribution in [0.2, 0.25) is 0 Å². The maximum absolute atomic E-state index is 3.46. The van der Waals surface area contributed by atoms with Crippen LogP contribution in [-0.2, 0) is 0 Å². The van der Waals surface area contributed by atoms with Gasteiger partial charge in [0.1, 0.15) is 0 Å². The third kappa shape index (κ3) is 2.48. The SMILES string of the molecule is C=C[CH]=[In]. The van der Waals surface area contributed by atoms with Crippen LogP contribution in [0.15, 0.2) is 12.7 Å². The van der Waals surface area contributed by atoms with Gasteiger partial charge in [0.25, 0.3) is 0 Å². The predicted molar refractivity (Wildman–Crippen MR) is 22.0 cm³/mol. The molecule has 0 spiro atoms. The first-order valence-corrected chi connectivity index (χ1v) is 2.98. The fourth-order valence-corrected chi connectivity index (χ4v) is 0. The summed E-state index contributed by atoms with van der Waals surface area (Å²) < 4.78 is 2.02. The molecule has 4 heavy (non-hydrogen) atoms. The molecule has 1 heteroatoms. The van der Waals surface area contributed by atoms with Gasteiger partial charge in [0.05, 0.1) is 0 Å². The summed E-state index contributed by atoms with van der Waals surface area (Å²) in [6, 6.07) is 0. The van der Waals surface area contributed by atoms with Gasteiger partial charge < -0.3 is 0 Å². The molecule has 1 radical (unpaired) electrons. The van der Waals surface area contributed by atoms with Crippen molar-refractivity contribution >= 4 is 27.7 Å². The van der Waals surface area contributed by atoms with Crippen molar-refractivity contribution in [3.8, 4) is 0 Å². The van der Waals surface area contributed by atoms with Crippen molar-refractivity contribution in [3.63, 3.8) is 0 Å². The topological polar surface area (TPSA) is 0 Å². The molecule has 0 N–H and O–H groups in total. The third-order valence-corrected chi connectivity index (χ3v) is 0.913. The molecule has 0 aliphatic heterocycles. The minimum absolute atomic E-state index is 1.20. The summed E-state index contributed by atoms with van der Waals surface area (Å²) in [5, 5.41) is 0. The van der Waals surface area contributed by atoms with Crippen molar-refractivity contribution in [2.75, 3.05) is 0 Å². The Hall–Kier alpha value is 0.480. The molecule has 0 aliphatic carbocycles. The molecule has 19 valence electrons. The van der Waals surface area contributed by atoms with Gasteiger partial charge in [-0.05, 0) is 0 Å². The van der Waals surface area contributed by atoms with Crippen LogP contribution in [0.25, 0.3) is 0 Å². The minimum atomic E-state index is 1.20. The van der Waals surface area contributed by atoms with E-state index in [-0.39, 0.29) is 0 Å². The summed E-state index contributed by atoms with van der Waals surface area (Å²) in [5.41, 5.74) is 0. The standard InChI is InChI=1S/C3H4.In/c1-3-2;/h1,3H,2H2;. The summed E-state index contributed by atoms with van der Waals surface area (Å²) in [6.45, 7) is 3.46. The van der Waals surface area contributed by atoms with E-state index in [9.17, 15) is 0 Å². The van der Waals surface area contributed by atoms with Crippen LogP contribution in [0.4, 0.5) is 0 Å². The second kappa shape index (κ2) is 3.48. The van der Waals surface area contributed by atoms with Gasteiger partial charge in [-0.25, -0.2) is 0 Å². The van der Waals surface area contributed by atoms with Crippen molar-refractivity contribution in [3.05, 3.63) is 12.7 Å². The number of hydrogen-bond acceptors (Lipinski definition) is 0. The molecule has 0 aromatic heterocycles. The molecule has 0 saturated heterocycles. The van der Waals surface area contributed by atoms with E-state index in [1.807, 2.05) is 9.83 Å². The van der Waals surface area contributed by atoms with Crippen molar-refractivity contribution in [1.29, 1.82) is 0 Å². The third-order valence-electron chi connectivity index (χ3n) is 0.136.